The minimum Gasteiger partial charge on any atom is -0.545 e. The summed E-state index contributed by atoms with van der Waals surface area (Å²) in [4.78, 5) is 76.0. The minimum atomic E-state index is -1.42. The summed E-state index contributed by atoms with van der Waals surface area (Å²) in [5, 5.41) is 22.9. The van der Waals surface area contributed by atoms with E-state index in [1.54, 1.807) is 23.1 Å². The van der Waals surface area contributed by atoms with Crippen LogP contribution in [0, 0.1) is 5.92 Å². The summed E-state index contributed by atoms with van der Waals surface area (Å²) in [5.74, 6) is -1.17. The molecule has 1 saturated heterocycles. The van der Waals surface area contributed by atoms with Crippen LogP contribution in [0.25, 0.3) is 33.4 Å². The number of para-hydroxylation sites is 3. The van der Waals surface area contributed by atoms with Gasteiger partial charge in [0.1, 0.15) is 25.4 Å². The van der Waals surface area contributed by atoms with Crippen LogP contribution in [-0.2, 0) is 22.6 Å². The molecule has 0 atom stereocenters. The van der Waals surface area contributed by atoms with E-state index in [1.165, 1.54) is 6.07 Å². The van der Waals surface area contributed by atoms with Crippen LogP contribution in [0.4, 0.5) is 22.7 Å². The monoisotopic (exact) mass is 983 g/mol. The second-order valence-corrected chi connectivity index (χ2v) is 19.3. The first-order valence-corrected chi connectivity index (χ1v) is 25.0. The smallest absolute Gasteiger partial charge is 0.257 e. The normalized spacial score (nSPS) is 13.8. The van der Waals surface area contributed by atoms with E-state index < -0.39 is 11.9 Å². The van der Waals surface area contributed by atoms with E-state index in [0.29, 0.717) is 68.4 Å². The van der Waals surface area contributed by atoms with Gasteiger partial charge in [0, 0.05) is 91.8 Å². The predicted molar refractivity (Wildman–Crippen MR) is 281 cm³/mol. The molecule has 0 spiro atoms. The molecule has 4 amide bonds. The van der Waals surface area contributed by atoms with Crippen molar-refractivity contribution in [3.63, 3.8) is 0 Å². The van der Waals surface area contributed by atoms with Crippen LogP contribution in [0.15, 0.2) is 120 Å². The molecule has 5 aromatic rings. The van der Waals surface area contributed by atoms with Crippen molar-refractivity contribution >= 4 is 63.3 Å². The zero-order valence-electron chi connectivity index (χ0n) is 41.8. The number of likely N-dealkylation sites (tertiary alicyclic amines) is 1. The van der Waals surface area contributed by atoms with Crippen molar-refractivity contribution in [2.75, 3.05) is 76.0 Å². The molecule has 4 aromatic carbocycles. The number of carbonyl (C=O) groups excluding carboxylic acids is 5. The van der Waals surface area contributed by atoms with Gasteiger partial charge in [0.15, 0.2) is 0 Å². The maximum atomic E-state index is 13.9. The number of anilines is 4. The summed E-state index contributed by atoms with van der Waals surface area (Å²) in [5.41, 5.74) is 6.47. The number of amides is 4. The van der Waals surface area contributed by atoms with Crippen molar-refractivity contribution in [3.05, 3.63) is 143 Å². The van der Waals surface area contributed by atoms with E-state index in [9.17, 15) is 29.1 Å². The summed E-state index contributed by atoms with van der Waals surface area (Å²) >= 11 is 0. The molecular formula is C57H61N9O7. The number of rotatable bonds is 17. The van der Waals surface area contributed by atoms with E-state index in [1.807, 2.05) is 129 Å². The fraction of sp³-hybridized carbons (Fsp3) is 0.316. The highest BCUT2D eigenvalue weighted by atomic mass is 16.4. The number of carboxylic acid groups (broad SMARTS) is 1. The number of aromatic carboxylic acids is 1. The molecule has 1 aliphatic carbocycles. The van der Waals surface area contributed by atoms with Gasteiger partial charge in [-0.3, -0.25) is 29.0 Å². The summed E-state index contributed by atoms with van der Waals surface area (Å²) in [6, 6.07) is 30.8. The SMILES string of the molecule is CN(C)c1ccc2c(-c3ccc(C(=O)NCCNC(=O)CCc4cn(CCCCC5CCN(CC(=O)N6c7ccccc7NC(=O)c7ccccc76)CC5)cn4)cc3C(=O)[O-])c3ccc(=[N+](C)C)cc-3oc2c1. The highest BCUT2D eigenvalue weighted by molar-refractivity contribution is 6.18. The summed E-state index contributed by atoms with van der Waals surface area (Å²) in [6.45, 7) is 3.15. The van der Waals surface area contributed by atoms with Crippen molar-refractivity contribution in [1.82, 2.24) is 29.7 Å². The number of fused-ring (bicyclic) bond motifs is 4. The Labute approximate surface area is 424 Å². The van der Waals surface area contributed by atoms with Gasteiger partial charge in [0.2, 0.25) is 17.2 Å². The third-order valence-electron chi connectivity index (χ3n) is 13.9. The topological polar surface area (TPSA) is 188 Å². The molecule has 9 rings (SSSR count). The molecule has 1 fully saturated rings. The van der Waals surface area contributed by atoms with Crippen molar-refractivity contribution in [1.29, 1.82) is 0 Å². The molecule has 73 heavy (non-hydrogen) atoms. The molecule has 0 radical (unpaired) electrons. The lowest BCUT2D eigenvalue weighted by Crippen LogP contribution is -2.42. The predicted octanol–water partition coefficient (Wildman–Crippen LogP) is 6.15. The lowest BCUT2D eigenvalue weighted by molar-refractivity contribution is -0.255. The lowest BCUT2D eigenvalue weighted by atomic mass is 9.89. The molecule has 3 N–H and O–H groups in total. The van der Waals surface area contributed by atoms with Crippen LogP contribution in [0.1, 0.15) is 75.3 Å². The number of carbonyl (C=O) groups is 5. The quantitative estimate of drug-likeness (QED) is 0.0543. The van der Waals surface area contributed by atoms with Gasteiger partial charge in [-0.1, -0.05) is 43.2 Å². The number of piperidine rings is 1. The number of unbranched alkanes of at least 4 members (excludes halogenated alkanes) is 1. The number of carboxylic acids is 1. The Balaban J connectivity index is 0.701. The van der Waals surface area contributed by atoms with Crippen LogP contribution in [-0.4, -0.2) is 105 Å². The Morgan fingerprint density at radius 2 is 1.60 bits per heavy atom. The summed E-state index contributed by atoms with van der Waals surface area (Å²) in [6.07, 6.45) is 9.79. The Morgan fingerprint density at radius 3 is 2.38 bits per heavy atom. The molecule has 16 nitrogen and oxygen atoms in total. The second kappa shape index (κ2) is 22.1. The molecule has 16 heteroatoms. The van der Waals surface area contributed by atoms with Crippen LogP contribution in [0.2, 0.25) is 0 Å². The minimum absolute atomic E-state index is 0.0586. The van der Waals surface area contributed by atoms with Crippen LogP contribution in [0.5, 0.6) is 0 Å². The van der Waals surface area contributed by atoms with Crippen LogP contribution >= 0.6 is 0 Å². The van der Waals surface area contributed by atoms with Gasteiger partial charge >= 0.3 is 0 Å². The molecule has 1 aromatic heterocycles. The Morgan fingerprint density at radius 1 is 0.849 bits per heavy atom. The van der Waals surface area contributed by atoms with Gasteiger partial charge in [-0.25, -0.2) is 9.56 Å². The molecule has 0 unspecified atom stereocenters. The van der Waals surface area contributed by atoms with E-state index in [4.69, 9.17) is 4.42 Å². The fourth-order valence-electron chi connectivity index (χ4n) is 9.90. The van der Waals surface area contributed by atoms with Gasteiger partial charge in [0.25, 0.3) is 11.8 Å². The van der Waals surface area contributed by atoms with Gasteiger partial charge in [-0.05, 0) is 105 Å². The maximum absolute atomic E-state index is 13.9. The van der Waals surface area contributed by atoms with E-state index in [-0.39, 0.29) is 54.9 Å². The van der Waals surface area contributed by atoms with Crippen LogP contribution < -0.4 is 40.8 Å². The molecule has 376 valence electrons. The maximum Gasteiger partial charge on any atom is 0.257 e. The summed E-state index contributed by atoms with van der Waals surface area (Å²) < 4.78 is 10.4. The van der Waals surface area contributed by atoms with E-state index in [2.05, 4.69) is 30.4 Å². The van der Waals surface area contributed by atoms with Gasteiger partial charge in [0.05, 0.1) is 53.2 Å². The first-order chi connectivity index (χ1) is 35.3. The van der Waals surface area contributed by atoms with Gasteiger partial charge < -0.3 is 39.7 Å². The van der Waals surface area contributed by atoms with Crippen molar-refractivity contribution in [3.8, 4) is 22.5 Å². The standard InChI is InChI=1S/C57H61N9O7/c1-62(2)40-18-21-44-50(32-40)73-51-33-41(63(3)4)19-22-45(51)54(44)42-20-16-38(31-46(42)57(71)72)55(69)59-27-26-58-52(67)23-17-39-34-65(36-60-39)28-10-9-11-37-24-29-64(30-25-37)35-53(68)66-48-14-7-5-12-43(48)56(70)61-47-13-6-8-15-49(47)66/h5-8,12-16,18-22,31-34,36-37H,9-11,17,23-30,35H2,1-4H3,(H3-,58,59,61,67,69,70,71,72). The number of hydrogen-bond acceptors (Lipinski definition) is 10. The van der Waals surface area contributed by atoms with E-state index >= 15 is 0 Å². The first-order valence-electron chi connectivity index (χ1n) is 25.0. The lowest BCUT2D eigenvalue weighted by Gasteiger charge is -2.33. The number of nitrogens with zero attached hydrogens (tertiary/aromatic N) is 6. The van der Waals surface area contributed by atoms with Crippen molar-refractivity contribution < 1.29 is 33.5 Å². The zero-order valence-corrected chi connectivity index (χ0v) is 41.8. The zero-order chi connectivity index (χ0) is 51.2. The highest BCUT2D eigenvalue weighted by Gasteiger charge is 2.31. The Hall–Kier alpha value is -8.11. The van der Waals surface area contributed by atoms with Crippen molar-refractivity contribution in [2.45, 2.75) is 51.5 Å². The van der Waals surface area contributed by atoms with Gasteiger partial charge in [-0.15, -0.1) is 0 Å². The number of imidazole rings is 1. The Bertz CT molecular complexity index is 3250. The molecule has 0 saturated carbocycles. The Kier molecular flexibility index (Phi) is 15.1. The first kappa shape index (κ1) is 49.9. The number of aromatic nitrogens is 2. The third-order valence-corrected chi connectivity index (χ3v) is 13.9. The van der Waals surface area contributed by atoms with Crippen molar-refractivity contribution in [2.24, 2.45) is 5.92 Å². The number of hydrogen-bond donors (Lipinski definition) is 3. The van der Waals surface area contributed by atoms with Gasteiger partial charge in [-0.2, -0.15) is 0 Å². The number of aryl methyl sites for hydroxylation is 2. The third kappa shape index (κ3) is 11.3. The number of benzene rings is 5. The summed E-state index contributed by atoms with van der Waals surface area (Å²) in [7, 11) is 7.74. The average Bonchev–Trinajstić information content (AvgIpc) is 3.80. The largest absolute Gasteiger partial charge is 0.545 e. The average molecular weight is 984 g/mol. The second-order valence-electron chi connectivity index (χ2n) is 19.3. The molecule has 4 heterocycles. The molecule has 0 bridgehead atoms. The molecule has 4 aliphatic rings. The molecule has 3 aliphatic heterocycles. The molecular weight excluding hydrogens is 923 g/mol. The number of nitrogens with one attached hydrogen (secondary N) is 3. The highest BCUT2D eigenvalue weighted by Crippen LogP contribution is 2.42. The van der Waals surface area contributed by atoms with E-state index in [0.717, 1.165) is 68.5 Å². The fourth-order valence-corrected chi connectivity index (χ4v) is 9.90. The van der Waals surface area contributed by atoms with Crippen LogP contribution in [0.3, 0.4) is 0 Å².